The predicted molar refractivity (Wildman–Crippen MR) is 43.1 cm³/mol. The van der Waals surface area contributed by atoms with Crippen LogP contribution in [0.1, 0.15) is 0 Å². The lowest BCUT2D eigenvalue weighted by molar-refractivity contribution is -0.115. The molecule has 1 rings (SSSR count). The van der Waals surface area contributed by atoms with E-state index in [1.54, 1.807) is 0 Å². The number of methoxy groups -OCH3 is 1. The van der Waals surface area contributed by atoms with E-state index in [1.165, 1.54) is 19.4 Å². The van der Waals surface area contributed by atoms with E-state index >= 15 is 0 Å². The first-order valence-corrected chi connectivity index (χ1v) is 3.69. The Hall–Kier alpha value is -1.53. The summed E-state index contributed by atoms with van der Waals surface area (Å²) in [5.74, 6) is 0.103. The van der Waals surface area contributed by atoms with Crippen molar-refractivity contribution in [2.75, 3.05) is 19.0 Å². The third kappa shape index (κ3) is 3.46. The topological polar surface area (TPSA) is 47.0 Å². The van der Waals surface area contributed by atoms with Gasteiger partial charge in [0.2, 0.25) is 11.8 Å². The second kappa shape index (κ2) is 4.12. The summed E-state index contributed by atoms with van der Waals surface area (Å²) in [6.07, 6.45) is -2.98. The fourth-order valence-electron chi connectivity index (χ4n) is 0.720. The Kier molecular flexibility index (Phi) is 3.10. The molecular weight excluding hydrogens is 199 g/mol. The van der Waals surface area contributed by atoms with Crippen molar-refractivity contribution in [3.63, 3.8) is 0 Å². The Bertz CT molecular complexity index is 302. The Balaban J connectivity index is 2.59. The zero-order valence-corrected chi connectivity index (χ0v) is 7.30. The maximum absolute atomic E-state index is 11.8. The van der Waals surface area contributed by atoms with Crippen molar-refractivity contribution in [1.29, 1.82) is 0 Å². The molecular formula is C7H8F3N3O. The van der Waals surface area contributed by atoms with Crippen molar-refractivity contribution in [2.45, 2.75) is 6.18 Å². The molecule has 0 aliphatic carbocycles. The average molecular weight is 207 g/mol. The molecule has 0 bridgehead atoms. The fourth-order valence-corrected chi connectivity index (χ4v) is 0.720. The number of halogens is 3. The molecule has 0 fully saturated rings. The molecule has 1 aromatic heterocycles. The van der Waals surface area contributed by atoms with Crippen LogP contribution in [0.15, 0.2) is 12.3 Å². The van der Waals surface area contributed by atoms with E-state index in [2.05, 4.69) is 9.97 Å². The third-order valence-corrected chi connectivity index (χ3v) is 1.29. The molecule has 14 heavy (non-hydrogen) atoms. The highest BCUT2D eigenvalue weighted by Crippen LogP contribution is 2.15. The quantitative estimate of drug-likeness (QED) is 0.815. The molecule has 0 atom stereocenters. The van der Waals surface area contributed by atoms with E-state index in [9.17, 15) is 13.2 Å². The SMILES string of the molecule is COc1ccnc(NCC(F)(F)F)n1. The van der Waals surface area contributed by atoms with Crippen LogP contribution in [0.3, 0.4) is 0 Å². The number of nitrogens with one attached hydrogen (secondary N) is 1. The van der Waals surface area contributed by atoms with Gasteiger partial charge >= 0.3 is 6.18 Å². The van der Waals surface area contributed by atoms with E-state index in [0.29, 0.717) is 0 Å². The van der Waals surface area contributed by atoms with Gasteiger partial charge in [0.15, 0.2) is 0 Å². The van der Waals surface area contributed by atoms with Gasteiger partial charge in [0.05, 0.1) is 7.11 Å². The number of hydrogen-bond donors (Lipinski definition) is 1. The van der Waals surface area contributed by atoms with Crippen LogP contribution >= 0.6 is 0 Å². The number of ether oxygens (including phenoxy) is 1. The lowest BCUT2D eigenvalue weighted by Crippen LogP contribution is -2.22. The van der Waals surface area contributed by atoms with E-state index < -0.39 is 12.7 Å². The molecule has 0 aliphatic rings. The molecule has 1 aromatic rings. The first-order valence-electron chi connectivity index (χ1n) is 3.69. The van der Waals surface area contributed by atoms with Gasteiger partial charge in [-0.25, -0.2) is 4.98 Å². The Labute approximate surface area is 78.1 Å². The Morgan fingerprint density at radius 2 is 2.21 bits per heavy atom. The lowest BCUT2D eigenvalue weighted by Gasteiger charge is -2.08. The summed E-state index contributed by atoms with van der Waals surface area (Å²) in [5, 5.41) is 2.03. The summed E-state index contributed by atoms with van der Waals surface area (Å²) in [6.45, 7) is -1.17. The number of aromatic nitrogens is 2. The van der Waals surface area contributed by atoms with Crippen LogP contribution in [0.2, 0.25) is 0 Å². The number of nitrogens with zero attached hydrogens (tertiary/aromatic N) is 2. The summed E-state index contributed by atoms with van der Waals surface area (Å²) < 4.78 is 40.0. The van der Waals surface area contributed by atoms with Crippen molar-refractivity contribution >= 4 is 5.95 Å². The summed E-state index contributed by atoms with van der Waals surface area (Å²) >= 11 is 0. The molecule has 0 amide bonds. The zero-order valence-electron chi connectivity index (χ0n) is 7.30. The van der Waals surface area contributed by atoms with Crippen molar-refractivity contribution in [3.05, 3.63) is 12.3 Å². The lowest BCUT2D eigenvalue weighted by atomic mass is 10.6. The number of rotatable bonds is 3. The number of hydrogen-bond acceptors (Lipinski definition) is 4. The van der Waals surface area contributed by atoms with Crippen LogP contribution in [-0.4, -0.2) is 29.8 Å². The second-order valence-corrected chi connectivity index (χ2v) is 2.39. The van der Waals surface area contributed by atoms with Crippen LogP contribution in [0.5, 0.6) is 5.88 Å². The molecule has 1 heterocycles. The molecule has 0 radical (unpaired) electrons. The van der Waals surface area contributed by atoms with E-state index in [-0.39, 0.29) is 11.8 Å². The highest BCUT2D eigenvalue weighted by atomic mass is 19.4. The smallest absolute Gasteiger partial charge is 0.405 e. The Morgan fingerprint density at radius 3 is 2.79 bits per heavy atom. The largest absolute Gasteiger partial charge is 0.481 e. The average Bonchev–Trinajstić information content (AvgIpc) is 2.14. The van der Waals surface area contributed by atoms with Crippen LogP contribution in [-0.2, 0) is 0 Å². The van der Waals surface area contributed by atoms with Gasteiger partial charge in [-0.2, -0.15) is 18.2 Å². The van der Waals surface area contributed by atoms with Crippen molar-refractivity contribution in [1.82, 2.24) is 9.97 Å². The maximum atomic E-state index is 11.8. The number of anilines is 1. The normalized spacial score (nSPS) is 11.1. The molecule has 0 unspecified atom stereocenters. The monoisotopic (exact) mass is 207 g/mol. The highest BCUT2D eigenvalue weighted by molar-refractivity contribution is 5.27. The first kappa shape index (κ1) is 10.6. The molecule has 0 saturated carbocycles. The van der Waals surface area contributed by atoms with Gasteiger partial charge in [0.1, 0.15) is 6.54 Å². The second-order valence-electron chi connectivity index (χ2n) is 2.39. The molecule has 0 aliphatic heterocycles. The van der Waals surface area contributed by atoms with Gasteiger partial charge < -0.3 is 10.1 Å². The fraction of sp³-hybridized carbons (Fsp3) is 0.429. The van der Waals surface area contributed by atoms with E-state index in [1.807, 2.05) is 5.32 Å². The molecule has 0 aromatic carbocycles. The molecule has 78 valence electrons. The van der Waals surface area contributed by atoms with E-state index in [4.69, 9.17) is 4.74 Å². The van der Waals surface area contributed by atoms with Crippen molar-refractivity contribution < 1.29 is 17.9 Å². The molecule has 0 saturated heterocycles. The summed E-state index contributed by atoms with van der Waals surface area (Å²) in [4.78, 5) is 7.24. The minimum atomic E-state index is -4.29. The minimum Gasteiger partial charge on any atom is -0.481 e. The third-order valence-electron chi connectivity index (χ3n) is 1.29. The standard InChI is InChI=1S/C7H8F3N3O/c1-14-5-2-3-11-6(13-5)12-4-7(8,9)10/h2-3H,4H2,1H3,(H,11,12,13). The molecule has 4 nitrogen and oxygen atoms in total. The molecule has 0 spiro atoms. The summed E-state index contributed by atoms with van der Waals surface area (Å²) in [5.41, 5.74) is 0. The first-order chi connectivity index (χ1) is 6.51. The highest BCUT2D eigenvalue weighted by Gasteiger charge is 2.27. The summed E-state index contributed by atoms with van der Waals surface area (Å²) in [7, 11) is 1.37. The van der Waals surface area contributed by atoms with Gasteiger partial charge in [0.25, 0.3) is 0 Å². The van der Waals surface area contributed by atoms with Crippen LogP contribution < -0.4 is 10.1 Å². The predicted octanol–water partition coefficient (Wildman–Crippen LogP) is 1.46. The summed E-state index contributed by atoms with van der Waals surface area (Å²) in [6, 6.07) is 1.44. The van der Waals surface area contributed by atoms with Gasteiger partial charge in [-0.05, 0) is 0 Å². The van der Waals surface area contributed by atoms with Gasteiger partial charge in [0, 0.05) is 12.3 Å². The van der Waals surface area contributed by atoms with Crippen LogP contribution in [0.25, 0.3) is 0 Å². The van der Waals surface area contributed by atoms with Gasteiger partial charge in [-0.15, -0.1) is 0 Å². The van der Waals surface area contributed by atoms with Gasteiger partial charge in [-0.1, -0.05) is 0 Å². The maximum Gasteiger partial charge on any atom is 0.405 e. The van der Waals surface area contributed by atoms with Crippen LogP contribution in [0.4, 0.5) is 19.1 Å². The van der Waals surface area contributed by atoms with E-state index in [0.717, 1.165) is 0 Å². The molecule has 1 N–H and O–H groups in total. The Morgan fingerprint density at radius 1 is 1.50 bits per heavy atom. The van der Waals surface area contributed by atoms with Crippen molar-refractivity contribution in [2.24, 2.45) is 0 Å². The van der Waals surface area contributed by atoms with Crippen LogP contribution in [0, 0.1) is 0 Å². The number of alkyl halides is 3. The zero-order chi connectivity index (χ0) is 10.6. The molecule has 7 heteroatoms. The minimum absolute atomic E-state index is 0.110. The van der Waals surface area contributed by atoms with Crippen molar-refractivity contribution in [3.8, 4) is 5.88 Å². The van der Waals surface area contributed by atoms with Gasteiger partial charge in [-0.3, -0.25) is 0 Å².